The first kappa shape index (κ1) is 15.9. The van der Waals surface area contributed by atoms with Crippen molar-refractivity contribution in [3.05, 3.63) is 40.7 Å². The lowest BCUT2D eigenvalue weighted by Crippen LogP contribution is -2.35. The Bertz CT molecular complexity index is 722. The van der Waals surface area contributed by atoms with Gasteiger partial charge in [-0.1, -0.05) is 29.5 Å². The van der Waals surface area contributed by atoms with Crippen molar-refractivity contribution in [2.45, 2.75) is 24.8 Å². The first-order valence-corrected chi connectivity index (χ1v) is 7.72. The predicted molar refractivity (Wildman–Crippen MR) is 79.1 cm³/mol. The van der Waals surface area contributed by atoms with Gasteiger partial charge in [-0.25, -0.2) is 13.2 Å². The highest BCUT2D eigenvalue weighted by atomic mass is 32.1. The summed E-state index contributed by atoms with van der Waals surface area (Å²) in [6, 6.07) is 5.34. The van der Waals surface area contributed by atoms with Crippen LogP contribution < -0.4 is 10.6 Å². The SMILES string of the molecule is O=C(Nc1nnc(Cc2ccccc2F)s1)C1CC(F)(F)CN1. The average Bonchev–Trinajstić information content (AvgIpc) is 3.08. The van der Waals surface area contributed by atoms with Crippen LogP contribution in [0.1, 0.15) is 17.0 Å². The zero-order valence-electron chi connectivity index (χ0n) is 11.9. The van der Waals surface area contributed by atoms with Crippen molar-refractivity contribution < 1.29 is 18.0 Å². The number of nitrogens with zero attached hydrogens (tertiary/aromatic N) is 2. The second-order valence-electron chi connectivity index (χ2n) is 5.25. The Labute approximate surface area is 133 Å². The Morgan fingerprint density at radius 1 is 1.39 bits per heavy atom. The summed E-state index contributed by atoms with van der Waals surface area (Å²) in [5, 5.41) is 13.3. The summed E-state index contributed by atoms with van der Waals surface area (Å²) in [5.41, 5.74) is 0.471. The van der Waals surface area contributed by atoms with E-state index in [9.17, 15) is 18.0 Å². The second-order valence-corrected chi connectivity index (χ2v) is 6.31. The number of amides is 1. The van der Waals surface area contributed by atoms with Gasteiger partial charge in [0.2, 0.25) is 11.0 Å². The van der Waals surface area contributed by atoms with E-state index in [1.54, 1.807) is 18.2 Å². The summed E-state index contributed by atoms with van der Waals surface area (Å²) in [7, 11) is 0. The number of halogens is 3. The van der Waals surface area contributed by atoms with Gasteiger partial charge in [0.25, 0.3) is 5.92 Å². The number of benzene rings is 1. The molecule has 2 heterocycles. The monoisotopic (exact) mass is 342 g/mol. The Balaban J connectivity index is 1.61. The van der Waals surface area contributed by atoms with Gasteiger partial charge in [-0.15, -0.1) is 10.2 Å². The third kappa shape index (κ3) is 3.85. The van der Waals surface area contributed by atoms with Crippen molar-refractivity contribution in [1.82, 2.24) is 15.5 Å². The van der Waals surface area contributed by atoms with Crippen LogP contribution in [0.5, 0.6) is 0 Å². The van der Waals surface area contributed by atoms with Crippen molar-refractivity contribution in [2.24, 2.45) is 0 Å². The van der Waals surface area contributed by atoms with Gasteiger partial charge in [0.15, 0.2) is 0 Å². The van der Waals surface area contributed by atoms with Crippen molar-refractivity contribution in [1.29, 1.82) is 0 Å². The summed E-state index contributed by atoms with van der Waals surface area (Å²) >= 11 is 1.09. The lowest BCUT2D eigenvalue weighted by Gasteiger charge is -2.08. The van der Waals surface area contributed by atoms with Crippen LogP contribution in [0.2, 0.25) is 0 Å². The van der Waals surface area contributed by atoms with Crippen molar-refractivity contribution in [2.75, 3.05) is 11.9 Å². The minimum Gasteiger partial charge on any atom is -0.300 e. The Morgan fingerprint density at radius 3 is 2.87 bits per heavy atom. The van der Waals surface area contributed by atoms with Crippen molar-refractivity contribution >= 4 is 22.4 Å². The second kappa shape index (κ2) is 6.25. The number of hydrogen-bond acceptors (Lipinski definition) is 5. The fourth-order valence-electron chi connectivity index (χ4n) is 2.27. The number of rotatable bonds is 4. The number of nitrogens with one attached hydrogen (secondary N) is 2. The summed E-state index contributed by atoms with van der Waals surface area (Å²) in [5.74, 6) is -3.79. The van der Waals surface area contributed by atoms with Crippen LogP contribution in [0.15, 0.2) is 24.3 Å². The van der Waals surface area contributed by atoms with E-state index in [-0.39, 0.29) is 17.4 Å². The minimum absolute atomic E-state index is 0.207. The number of alkyl halides is 2. The standard InChI is InChI=1S/C14H13F3N4OS/c15-9-4-2-1-3-8(9)5-11-20-21-13(23-11)19-12(22)10-6-14(16,17)7-18-10/h1-4,10,18H,5-7H2,(H,19,21,22). The smallest absolute Gasteiger partial charge is 0.262 e. The summed E-state index contributed by atoms with van der Waals surface area (Å²) in [6.45, 7) is -0.514. The molecule has 1 aromatic heterocycles. The number of hydrogen-bond donors (Lipinski definition) is 2. The maximum absolute atomic E-state index is 13.6. The highest BCUT2D eigenvalue weighted by Gasteiger charge is 2.42. The lowest BCUT2D eigenvalue weighted by molar-refractivity contribution is -0.118. The van der Waals surface area contributed by atoms with Gasteiger partial charge < -0.3 is 0 Å². The normalized spacial score (nSPS) is 19.7. The molecule has 0 aliphatic carbocycles. The van der Waals surface area contributed by atoms with Crippen molar-refractivity contribution in [3.8, 4) is 0 Å². The topological polar surface area (TPSA) is 66.9 Å². The molecule has 1 aliphatic heterocycles. The molecule has 1 saturated heterocycles. The molecule has 2 N–H and O–H groups in total. The van der Waals surface area contributed by atoms with Gasteiger partial charge in [0.05, 0.1) is 12.6 Å². The van der Waals surface area contributed by atoms with Crippen LogP contribution >= 0.6 is 11.3 Å². The van der Waals surface area contributed by atoms with Crippen LogP contribution in [0.4, 0.5) is 18.3 Å². The molecule has 1 amide bonds. The van der Waals surface area contributed by atoms with Crippen LogP contribution in [-0.2, 0) is 11.2 Å². The third-order valence-corrected chi connectivity index (χ3v) is 4.26. The van der Waals surface area contributed by atoms with Gasteiger partial charge in [0.1, 0.15) is 10.8 Å². The molecule has 0 bridgehead atoms. The van der Waals surface area contributed by atoms with Crippen LogP contribution in [0, 0.1) is 5.82 Å². The molecule has 1 aliphatic rings. The Hall–Kier alpha value is -2.00. The van der Waals surface area contributed by atoms with Gasteiger partial charge in [-0.3, -0.25) is 15.4 Å². The average molecular weight is 342 g/mol. The molecule has 23 heavy (non-hydrogen) atoms. The van der Waals surface area contributed by atoms with Crippen LogP contribution in [0.25, 0.3) is 0 Å². The first-order chi connectivity index (χ1) is 10.9. The van der Waals surface area contributed by atoms with Crippen molar-refractivity contribution in [3.63, 3.8) is 0 Å². The highest BCUT2D eigenvalue weighted by molar-refractivity contribution is 7.15. The predicted octanol–water partition coefficient (Wildman–Crippen LogP) is 2.20. The number of carbonyl (C=O) groups is 1. The van der Waals surface area contributed by atoms with E-state index >= 15 is 0 Å². The molecule has 0 radical (unpaired) electrons. The first-order valence-electron chi connectivity index (χ1n) is 6.91. The molecule has 1 fully saturated rings. The van der Waals surface area contributed by atoms with E-state index in [1.165, 1.54) is 6.07 Å². The maximum Gasteiger partial charge on any atom is 0.262 e. The van der Waals surface area contributed by atoms with E-state index in [1.807, 2.05) is 0 Å². The molecule has 3 rings (SSSR count). The molecule has 0 saturated carbocycles. The molecule has 0 spiro atoms. The fraction of sp³-hybridized carbons (Fsp3) is 0.357. The third-order valence-electron chi connectivity index (χ3n) is 3.42. The Kier molecular flexibility index (Phi) is 4.31. The molecule has 2 aromatic rings. The van der Waals surface area contributed by atoms with E-state index in [4.69, 9.17) is 0 Å². The summed E-state index contributed by atoms with van der Waals surface area (Å²) < 4.78 is 39.7. The molecule has 122 valence electrons. The lowest BCUT2D eigenvalue weighted by atomic mass is 10.1. The molecular weight excluding hydrogens is 329 g/mol. The van der Waals surface area contributed by atoms with E-state index in [2.05, 4.69) is 20.8 Å². The molecule has 1 aromatic carbocycles. The van der Waals surface area contributed by atoms with Crippen LogP contribution in [-0.4, -0.2) is 34.6 Å². The molecule has 1 atom stereocenters. The Morgan fingerprint density at radius 2 is 2.17 bits per heavy atom. The number of aromatic nitrogens is 2. The maximum atomic E-state index is 13.6. The molecular formula is C14H13F3N4OS. The molecule has 1 unspecified atom stereocenters. The summed E-state index contributed by atoms with van der Waals surface area (Å²) in [4.78, 5) is 11.9. The van der Waals surface area contributed by atoms with Crippen LogP contribution in [0.3, 0.4) is 0 Å². The van der Waals surface area contributed by atoms with Gasteiger partial charge >= 0.3 is 0 Å². The van der Waals surface area contributed by atoms with Gasteiger partial charge in [0, 0.05) is 12.8 Å². The quantitative estimate of drug-likeness (QED) is 0.894. The largest absolute Gasteiger partial charge is 0.300 e. The zero-order chi connectivity index (χ0) is 16.4. The number of carbonyl (C=O) groups excluding carboxylic acids is 1. The molecule has 9 heteroatoms. The summed E-state index contributed by atoms with van der Waals surface area (Å²) in [6.07, 6.45) is -0.292. The highest BCUT2D eigenvalue weighted by Crippen LogP contribution is 2.26. The number of anilines is 1. The zero-order valence-corrected chi connectivity index (χ0v) is 12.7. The minimum atomic E-state index is -2.88. The van der Waals surface area contributed by atoms with Gasteiger partial charge in [-0.05, 0) is 11.6 Å². The molecule has 5 nitrogen and oxygen atoms in total. The van der Waals surface area contributed by atoms with Gasteiger partial charge in [-0.2, -0.15) is 0 Å². The van der Waals surface area contributed by atoms with E-state index in [0.717, 1.165) is 11.3 Å². The van der Waals surface area contributed by atoms with E-state index < -0.39 is 30.8 Å². The van der Waals surface area contributed by atoms with E-state index in [0.29, 0.717) is 10.6 Å². The fourth-order valence-corrected chi connectivity index (χ4v) is 3.04.